The van der Waals surface area contributed by atoms with Crippen molar-refractivity contribution >= 4 is 33.0 Å². The highest BCUT2D eigenvalue weighted by molar-refractivity contribution is 7.89. The van der Waals surface area contributed by atoms with Crippen LogP contribution in [0.2, 0.25) is 0 Å². The van der Waals surface area contributed by atoms with Gasteiger partial charge in [-0.15, -0.1) is 0 Å². The number of hydrogen-bond donors (Lipinski definition) is 2. The monoisotopic (exact) mass is 545 g/mol. The van der Waals surface area contributed by atoms with E-state index in [4.69, 9.17) is 4.74 Å². The van der Waals surface area contributed by atoms with Crippen LogP contribution in [-0.2, 0) is 21.3 Å². The number of alkyl carbamates (subject to hydrolysis) is 1. The zero-order chi connectivity index (χ0) is 28.4. The predicted molar refractivity (Wildman–Crippen MR) is 143 cm³/mol. The summed E-state index contributed by atoms with van der Waals surface area (Å²) in [4.78, 5) is 23.6. The van der Waals surface area contributed by atoms with Crippen molar-refractivity contribution in [2.75, 3.05) is 20.6 Å². The number of allylic oxidation sites excluding steroid dienone is 1. The summed E-state index contributed by atoms with van der Waals surface area (Å²) >= 11 is 0. The minimum atomic E-state index is -3.72. The fourth-order valence-electron chi connectivity index (χ4n) is 3.98. The Kier molecular flexibility index (Phi) is 8.33. The lowest BCUT2D eigenvalue weighted by molar-refractivity contribution is 0.0533. The predicted octanol–water partition coefficient (Wildman–Crippen LogP) is 4.94. The van der Waals surface area contributed by atoms with E-state index in [9.17, 15) is 27.5 Å². The zero-order valence-corrected chi connectivity index (χ0v) is 23.0. The molecule has 3 aromatic rings. The van der Waals surface area contributed by atoms with Gasteiger partial charge in [-0.1, -0.05) is 12.1 Å². The number of carbonyl (C=O) groups excluding carboxylic acids is 1. The van der Waals surface area contributed by atoms with E-state index < -0.39 is 33.5 Å². The second kappa shape index (κ2) is 11.0. The van der Waals surface area contributed by atoms with Gasteiger partial charge in [0.1, 0.15) is 11.4 Å². The minimum Gasteiger partial charge on any atom is -0.478 e. The SMILES string of the molecule is Cc1c(-c2cccc(S(=O)(=O)N(C)C)c2)c2cc(C(=O)O)ccc2n1CC(F)=CCNC(=O)OC(C)(C)C. The van der Waals surface area contributed by atoms with Crippen LogP contribution in [0.1, 0.15) is 36.8 Å². The number of nitrogens with zero attached hydrogens (tertiary/aromatic N) is 2. The summed E-state index contributed by atoms with van der Waals surface area (Å²) in [6.45, 7) is 6.67. The Morgan fingerprint density at radius 1 is 1.16 bits per heavy atom. The van der Waals surface area contributed by atoms with Gasteiger partial charge in [0, 0.05) is 42.8 Å². The molecule has 0 saturated carbocycles. The van der Waals surface area contributed by atoms with Gasteiger partial charge in [0.15, 0.2) is 0 Å². The third kappa shape index (κ3) is 6.40. The fourth-order valence-corrected chi connectivity index (χ4v) is 4.93. The number of benzene rings is 2. The first-order chi connectivity index (χ1) is 17.6. The molecule has 38 heavy (non-hydrogen) atoms. The number of nitrogens with one attached hydrogen (secondary N) is 1. The highest BCUT2D eigenvalue weighted by Crippen LogP contribution is 2.37. The molecule has 0 bridgehead atoms. The van der Waals surface area contributed by atoms with Gasteiger partial charge in [-0.25, -0.2) is 26.7 Å². The number of aromatic nitrogens is 1. The molecule has 0 aliphatic carbocycles. The Labute approximate surface area is 221 Å². The van der Waals surface area contributed by atoms with Crippen molar-refractivity contribution in [2.24, 2.45) is 0 Å². The molecular formula is C27H32FN3O6S. The number of carboxylic acid groups (broad SMARTS) is 1. The number of sulfonamides is 1. The van der Waals surface area contributed by atoms with Crippen molar-refractivity contribution in [1.82, 2.24) is 14.2 Å². The number of hydrogen-bond acceptors (Lipinski definition) is 5. The molecule has 1 heterocycles. The van der Waals surface area contributed by atoms with Gasteiger partial charge in [-0.3, -0.25) is 0 Å². The molecular weight excluding hydrogens is 513 g/mol. The van der Waals surface area contributed by atoms with Crippen molar-refractivity contribution in [3.05, 3.63) is 65.6 Å². The third-order valence-corrected chi connectivity index (χ3v) is 7.56. The second-order valence-electron chi connectivity index (χ2n) is 9.93. The zero-order valence-electron chi connectivity index (χ0n) is 22.2. The van der Waals surface area contributed by atoms with E-state index in [0.29, 0.717) is 27.7 Å². The van der Waals surface area contributed by atoms with Crippen LogP contribution in [0.5, 0.6) is 0 Å². The van der Waals surface area contributed by atoms with Crippen LogP contribution in [0.3, 0.4) is 0 Å². The van der Waals surface area contributed by atoms with E-state index in [-0.39, 0.29) is 23.5 Å². The molecule has 11 heteroatoms. The summed E-state index contributed by atoms with van der Waals surface area (Å²) in [6, 6.07) is 10.9. The molecule has 0 saturated heterocycles. The maximum atomic E-state index is 15.0. The Morgan fingerprint density at radius 3 is 2.45 bits per heavy atom. The molecule has 0 radical (unpaired) electrons. The number of rotatable bonds is 8. The molecule has 0 spiro atoms. The summed E-state index contributed by atoms with van der Waals surface area (Å²) in [5, 5.41) is 12.6. The van der Waals surface area contributed by atoms with Gasteiger partial charge in [-0.05, 0) is 69.7 Å². The van der Waals surface area contributed by atoms with Gasteiger partial charge < -0.3 is 19.7 Å². The molecule has 0 atom stereocenters. The van der Waals surface area contributed by atoms with Crippen LogP contribution in [0, 0.1) is 6.92 Å². The van der Waals surface area contributed by atoms with Crippen LogP contribution >= 0.6 is 0 Å². The van der Waals surface area contributed by atoms with Crippen molar-refractivity contribution < 1.29 is 32.2 Å². The quantitative estimate of drug-likeness (QED) is 0.414. The molecule has 0 aliphatic rings. The summed E-state index contributed by atoms with van der Waals surface area (Å²) in [5.74, 6) is -1.65. The lowest BCUT2D eigenvalue weighted by atomic mass is 10.0. The van der Waals surface area contributed by atoms with Crippen LogP contribution in [0.4, 0.5) is 9.18 Å². The molecule has 0 fully saturated rings. The summed E-state index contributed by atoms with van der Waals surface area (Å²) < 4.78 is 48.4. The molecule has 2 N–H and O–H groups in total. The number of ether oxygens (including phenoxy) is 1. The van der Waals surface area contributed by atoms with Crippen LogP contribution in [0.15, 0.2) is 59.3 Å². The number of fused-ring (bicyclic) bond motifs is 1. The standard InChI is InChI=1S/C27H32FN3O6S/c1-17-24(18-8-7-9-21(14-18)38(35,36)30(5)6)22-15-19(25(32)33)10-11-23(22)31(17)16-20(28)12-13-29-26(34)37-27(2,3)4/h7-12,14-15H,13,16H2,1-6H3,(H,29,34)(H,32,33). The summed E-state index contributed by atoms with van der Waals surface area (Å²) in [6.07, 6.45) is 0.560. The highest BCUT2D eigenvalue weighted by atomic mass is 32.2. The molecule has 204 valence electrons. The van der Waals surface area contributed by atoms with Gasteiger partial charge >= 0.3 is 12.1 Å². The van der Waals surface area contributed by atoms with E-state index in [1.807, 2.05) is 0 Å². The number of aromatic carboxylic acids is 1. The second-order valence-corrected chi connectivity index (χ2v) is 12.1. The van der Waals surface area contributed by atoms with E-state index in [1.54, 1.807) is 50.5 Å². The molecule has 0 unspecified atom stereocenters. The Hall–Kier alpha value is -3.70. The fraction of sp³-hybridized carbons (Fsp3) is 0.333. The third-order valence-electron chi connectivity index (χ3n) is 5.75. The molecule has 1 aromatic heterocycles. The molecule has 3 rings (SSSR count). The van der Waals surface area contributed by atoms with Crippen molar-refractivity contribution in [3.8, 4) is 11.1 Å². The van der Waals surface area contributed by atoms with E-state index in [1.165, 1.54) is 44.4 Å². The summed E-state index contributed by atoms with van der Waals surface area (Å²) in [5.41, 5.74) is 1.71. The van der Waals surface area contributed by atoms with Crippen LogP contribution in [0.25, 0.3) is 22.0 Å². The summed E-state index contributed by atoms with van der Waals surface area (Å²) in [7, 11) is -0.847. The van der Waals surface area contributed by atoms with Crippen molar-refractivity contribution in [2.45, 2.75) is 44.7 Å². The maximum absolute atomic E-state index is 15.0. The average Bonchev–Trinajstić information content (AvgIpc) is 3.08. The Balaban J connectivity index is 2.05. The number of carboxylic acids is 1. The van der Waals surface area contributed by atoms with Gasteiger partial charge in [0.05, 0.1) is 17.0 Å². The maximum Gasteiger partial charge on any atom is 0.407 e. The Bertz CT molecular complexity index is 1520. The number of halogens is 1. The molecule has 1 amide bonds. The van der Waals surface area contributed by atoms with E-state index >= 15 is 0 Å². The average molecular weight is 546 g/mol. The molecule has 2 aromatic carbocycles. The van der Waals surface area contributed by atoms with Crippen molar-refractivity contribution in [1.29, 1.82) is 0 Å². The van der Waals surface area contributed by atoms with Crippen LogP contribution < -0.4 is 5.32 Å². The van der Waals surface area contributed by atoms with E-state index in [0.717, 1.165) is 4.31 Å². The highest BCUT2D eigenvalue weighted by Gasteiger charge is 2.22. The first kappa shape index (κ1) is 28.9. The largest absolute Gasteiger partial charge is 0.478 e. The van der Waals surface area contributed by atoms with Gasteiger partial charge in [-0.2, -0.15) is 0 Å². The number of carbonyl (C=O) groups is 2. The van der Waals surface area contributed by atoms with Gasteiger partial charge in [0.2, 0.25) is 10.0 Å². The topological polar surface area (TPSA) is 118 Å². The minimum absolute atomic E-state index is 0.0468. The lowest BCUT2D eigenvalue weighted by Gasteiger charge is -2.19. The molecule has 0 aliphatic heterocycles. The van der Waals surface area contributed by atoms with Crippen LogP contribution in [-0.4, -0.2) is 60.7 Å². The Morgan fingerprint density at radius 2 is 1.84 bits per heavy atom. The van der Waals surface area contributed by atoms with Gasteiger partial charge in [0.25, 0.3) is 0 Å². The normalized spacial score (nSPS) is 12.7. The van der Waals surface area contributed by atoms with Crippen molar-refractivity contribution in [3.63, 3.8) is 0 Å². The first-order valence-corrected chi connectivity index (χ1v) is 13.3. The molecule has 9 nitrogen and oxygen atoms in total. The van der Waals surface area contributed by atoms with E-state index in [2.05, 4.69) is 5.32 Å². The lowest BCUT2D eigenvalue weighted by Crippen LogP contribution is -2.32. The first-order valence-electron chi connectivity index (χ1n) is 11.8. The number of amides is 1. The smallest absolute Gasteiger partial charge is 0.407 e.